The van der Waals surface area contributed by atoms with Crippen molar-refractivity contribution in [3.63, 3.8) is 0 Å². The number of hydrogen-bond acceptors (Lipinski definition) is 4. The lowest BCUT2D eigenvalue weighted by Gasteiger charge is -2.30. The van der Waals surface area contributed by atoms with E-state index in [2.05, 4.69) is 17.1 Å². The molecule has 5 heteroatoms. The predicted octanol–water partition coefficient (Wildman–Crippen LogP) is 4.64. The van der Waals surface area contributed by atoms with E-state index in [1.165, 1.54) is 0 Å². The average molecular weight is 361 g/mol. The number of hydrogen-bond donors (Lipinski definition) is 0. The number of piperidine rings is 1. The van der Waals surface area contributed by atoms with Crippen LogP contribution in [0.5, 0.6) is 0 Å². The van der Waals surface area contributed by atoms with E-state index in [9.17, 15) is 4.79 Å². The zero-order valence-corrected chi connectivity index (χ0v) is 15.5. The first-order valence-corrected chi connectivity index (χ1v) is 9.85. The second-order valence-corrected chi connectivity index (χ2v) is 7.92. The van der Waals surface area contributed by atoms with Crippen molar-refractivity contribution in [2.75, 3.05) is 13.1 Å². The molecule has 0 N–H and O–H groups in total. The van der Waals surface area contributed by atoms with Crippen LogP contribution < -0.4 is 0 Å². The summed E-state index contributed by atoms with van der Waals surface area (Å²) in [6.45, 7) is 3.88. The van der Waals surface area contributed by atoms with Gasteiger partial charge in [-0.05, 0) is 37.7 Å². The number of fused-ring (bicyclic) bond motifs is 1. The molecule has 0 radical (unpaired) electrons. The molecule has 0 unspecified atom stereocenters. The first-order chi connectivity index (χ1) is 13.2. The van der Waals surface area contributed by atoms with Crippen molar-refractivity contribution in [2.45, 2.75) is 38.5 Å². The van der Waals surface area contributed by atoms with Crippen molar-refractivity contribution < 1.29 is 9.32 Å². The summed E-state index contributed by atoms with van der Waals surface area (Å²) in [4.78, 5) is 20.1. The number of carbonyl (C=O) groups is 1. The highest BCUT2D eigenvalue weighted by Crippen LogP contribution is 2.41. The molecule has 1 aliphatic carbocycles. The monoisotopic (exact) mass is 361 g/mol. The molecule has 1 aromatic carbocycles. The molecular formula is C22H23N3O2. The van der Waals surface area contributed by atoms with Crippen LogP contribution in [-0.4, -0.2) is 34.0 Å². The minimum atomic E-state index is 0.0802. The number of rotatable bonds is 3. The molecule has 3 heterocycles. The van der Waals surface area contributed by atoms with Crippen LogP contribution in [0, 0.1) is 5.92 Å². The van der Waals surface area contributed by atoms with Crippen molar-refractivity contribution in [1.82, 2.24) is 15.0 Å². The second kappa shape index (κ2) is 6.48. The van der Waals surface area contributed by atoms with Crippen LogP contribution in [-0.2, 0) is 0 Å². The molecule has 3 aromatic rings. The van der Waals surface area contributed by atoms with Crippen LogP contribution in [0.1, 0.15) is 54.6 Å². The maximum atomic E-state index is 13.4. The normalized spacial score (nSPS) is 18.2. The summed E-state index contributed by atoms with van der Waals surface area (Å²) >= 11 is 0. The Morgan fingerprint density at radius 3 is 2.56 bits per heavy atom. The van der Waals surface area contributed by atoms with Crippen LogP contribution in [0.15, 0.2) is 40.9 Å². The van der Waals surface area contributed by atoms with Gasteiger partial charge in [-0.15, -0.1) is 0 Å². The van der Waals surface area contributed by atoms with Crippen molar-refractivity contribution in [3.05, 3.63) is 47.7 Å². The van der Waals surface area contributed by atoms with Gasteiger partial charge in [0.15, 0.2) is 0 Å². The molecular weight excluding hydrogens is 338 g/mol. The summed E-state index contributed by atoms with van der Waals surface area (Å²) in [6, 6.07) is 11.9. The minimum absolute atomic E-state index is 0.0802. The number of benzene rings is 1. The van der Waals surface area contributed by atoms with E-state index in [0.29, 0.717) is 28.8 Å². The highest BCUT2D eigenvalue weighted by atomic mass is 16.5. The summed E-state index contributed by atoms with van der Waals surface area (Å²) in [6.07, 6.45) is 4.38. The molecule has 1 amide bonds. The van der Waals surface area contributed by atoms with Gasteiger partial charge < -0.3 is 9.42 Å². The van der Waals surface area contributed by atoms with E-state index in [-0.39, 0.29) is 5.91 Å². The molecule has 2 aromatic heterocycles. The molecule has 1 saturated heterocycles. The van der Waals surface area contributed by atoms with Crippen LogP contribution in [0.4, 0.5) is 0 Å². The van der Waals surface area contributed by atoms with Gasteiger partial charge in [0.05, 0.1) is 10.9 Å². The molecule has 0 bridgehead atoms. The molecule has 2 aliphatic rings. The fourth-order valence-electron chi connectivity index (χ4n) is 3.90. The lowest BCUT2D eigenvalue weighted by atomic mass is 9.97. The fourth-order valence-corrected chi connectivity index (χ4v) is 3.90. The number of carbonyl (C=O) groups excluding carboxylic acids is 1. The maximum absolute atomic E-state index is 13.4. The van der Waals surface area contributed by atoms with Crippen molar-refractivity contribution >= 4 is 17.0 Å². The number of aromatic nitrogens is 2. The van der Waals surface area contributed by atoms with Crippen LogP contribution in [0.2, 0.25) is 0 Å². The minimum Gasteiger partial charge on any atom is -0.339 e. The Morgan fingerprint density at radius 2 is 1.85 bits per heavy atom. The topological polar surface area (TPSA) is 59.2 Å². The van der Waals surface area contributed by atoms with E-state index in [1.54, 1.807) is 0 Å². The lowest BCUT2D eigenvalue weighted by Crippen LogP contribution is -2.38. The quantitative estimate of drug-likeness (QED) is 0.682. The van der Waals surface area contributed by atoms with Gasteiger partial charge >= 0.3 is 0 Å². The summed E-state index contributed by atoms with van der Waals surface area (Å²) < 4.78 is 5.59. The molecule has 27 heavy (non-hydrogen) atoms. The first kappa shape index (κ1) is 16.5. The van der Waals surface area contributed by atoms with Gasteiger partial charge in [-0.3, -0.25) is 4.79 Å². The van der Waals surface area contributed by atoms with E-state index in [0.717, 1.165) is 55.4 Å². The van der Waals surface area contributed by atoms with Crippen molar-refractivity contribution in [1.29, 1.82) is 0 Å². The van der Waals surface area contributed by atoms with Crippen LogP contribution >= 0.6 is 0 Å². The lowest BCUT2D eigenvalue weighted by molar-refractivity contribution is 0.0699. The van der Waals surface area contributed by atoms with E-state index in [1.807, 2.05) is 41.3 Å². The SMILES string of the molecule is CC1CCN(C(=O)c2cc(C3CC3)nc3onc(-c4ccccc4)c23)CC1. The highest BCUT2D eigenvalue weighted by Gasteiger charge is 2.31. The van der Waals surface area contributed by atoms with Gasteiger partial charge in [0, 0.05) is 30.3 Å². The Morgan fingerprint density at radius 1 is 1.11 bits per heavy atom. The maximum Gasteiger partial charge on any atom is 0.259 e. The van der Waals surface area contributed by atoms with Gasteiger partial charge in [0.2, 0.25) is 0 Å². The first-order valence-electron chi connectivity index (χ1n) is 9.85. The third-order valence-electron chi connectivity index (χ3n) is 5.81. The summed E-state index contributed by atoms with van der Waals surface area (Å²) in [5, 5.41) is 5.02. The second-order valence-electron chi connectivity index (χ2n) is 7.92. The van der Waals surface area contributed by atoms with Crippen molar-refractivity contribution in [3.8, 4) is 11.3 Å². The fraction of sp³-hybridized carbons (Fsp3) is 0.409. The number of likely N-dealkylation sites (tertiary alicyclic amines) is 1. The smallest absolute Gasteiger partial charge is 0.259 e. The largest absolute Gasteiger partial charge is 0.339 e. The van der Waals surface area contributed by atoms with E-state index >= 15 is 0 Å². The van der Waals surface area contributed by atoms with Gasteiger partial charge in [-0.25, -0.2) is 4.98 Å². The van der Waals surface area contributed by atoms with Gasteiger partial charge in [-0.2, -0.15) is 0 Å². The standard InChI is InChI=1S/C22H23N3O2/c1-14-9-11-25(12-10-14)22(26)17-13-18(15-7-8-15)23-21-19(17)20(24-27-21)16-5-3-2-4-6-16/h2-6,13-15H,7-12H2,1H3. The Hall–Kier alpha value is -2.69. The van der Waals surface area contributed by atoms with Gasteiger partial charge in [0.25, 0.3) is 11.6 Å². The average Bonchev–Trinajstić information content (AvgIpc) is 3.47. The molecule has 0 atom stereocenters. The molecule has 1 aliphatic heterocycles. The Bertz CT molecular complexity index is 983. The number of nitrogens with zero attached hydrogens (tertiary/aromatic N) is 3. The Balaban J connectivity index is 1.64. The predicted molar refractivity (Wildman–Crippen MR) is 104 cm³/mol. The summed E-state index contributed by atoms with van der Waals surface area (Å²) in [7, 11) is 0. The number of amides is 1. The molecule has 5 rings (SSSR count). The van der Waals surface area contributed by atoms with Gasteiger partial charge in [-0.1, -0.05) is 42.4 Å². The molecule has 138 valence electrons. The number of pyridine rings is 1. The van der Waals surface area contributed by atoms with Crippen LogP contribution in [0.25, 0.3) is 22.4 Å². The molecule has 2 fully saturated rings. The van der Waals surface area contributed by atoms with Crippen molar-refractivity contribution in [2.24, 2.45) is 5.92 Å². The Labute approximate surface area is 158 Å². The molecule has 0 spiro atoms. The zero-order chi connectivity index (χ0) is 18.4. The summed E-state index contributed by atoms with van der Waals surface area (Å²) in [5.41, 5.74) is 3.78. The van der Waals surface area contributed by atoms with E-state index in [4.69, 9.17) is 4.52 Å². The van der Waals surface area contributed by atoms with Gasteiger partial charge in [0.1, 0.15) is 5.69 Å². The van der Waals surface area contributed by atoms with Crippen LogP contribution in [0.3, 0.4) is 0 Å². The third-order valence-corrected chi connectivity index (χ3v) is 5.81. The summed E-state index contributed by atoms with van der Waals surface area (Å²) in [5.74, 6) is 1.22. The third kappa shape index (κ3) is 3.01. The molecule has 5 nitrogen and oxygen atoms in total. The molecule has 1 saturated carbocycles. The zero-order valence-electron chi connectivity index (χ0n) is 15.5. The highest BCUT2D eigenvalue weighted by molar-refractivity contribution is 6.09. The Kier molecular flexibility index (Phi) is 3.96. The van der Waals surface area contributed by atoms with E-state index < -0.39 is 0 Å².